The Bertz CT molecular complexity index is 508. The summed E-state index contributed by atoms with van der Waals surface area (Å²) in [5.74, 6) is -0.429. The molecule has 0 spiro atoms. The van der Waals surface area contributed by atoms with Crippen molar-refractivity contribution in [3.63, 3.8) is 0 Å². The molecule has 0 fully saturated rings. The SMILES string of the molecule is CC(Oc1c(Cl)cc(Cl)cc1CN)C(=O)NC(N)=O. The fourth-order valence-electron chi connectivity index (χ4n) is 1.35. The predicted molar refractivity (Wildman–Crippen MR) is 72.2 cm³/mol. The topological polar surface area (TPSA) is 107 Å². The Labute approximate surface area is 120 Å². The summed E-state index contributed by atoms with van der Waals surface area (Å²) in [6.45, 7) is 1.59. The quantitative estimate of drug-likeness (QED) is 0.781. The Kier molecular flexibility index (Phi) is 5.41. The number of carbonyl (C=O) groups is 2. The first-order valence-electron chi connectivity index (χ1n) is 5.30. The molecule has 0 saturated heterocycles. The molecule has 0 saturated carbocycles. The summed E-state index contributed by atoms with van der Waals surface area (Å²) in [5, 5.41) is 2.54. The van der Waals surface area contributed by atoms with Crippen LogP contribution in [0.4, 0.5) is 4.79 Å². The Morgan fingerprint density at radius 2 is 2.05 bits per heavy atom. The van der Waals surface area contributed by atoms with E-state index in [-0.39, 0.29) is 17.3 Å². The molecule has 0 aromatic heterocycles. The molecule has 3 amide bonds. The van der Waals surface area contributed by atoms with Crippen molar-refractivity contribution in [3.05, 3.63) is 27.7 Å². The molecular weight excluding hydrogens is 293 g/mol. The molecule has 1 aromatic carbocycles. The van der Waals surface area contributed by atoms with Gasteiger partial charge in [-0.05, 0) is 19.1 Å². The van der Waals surface area contributed by atoms with Gasteiger partial charge in [0.2, 0.25) is 0 Å². The fraction of sp³-hybridized carbons (Fsp3) is 0.273. The average molecular weight is 306 g/mol. The molecule has 1 rings (SSSR count). The van der Waals surface area contributed by atoms with Gasteiger partial charge in [0.05, 0.1) is 5.02 Å². The maximum atomic E-state index is 11.5. The third-order valence-corrected chi connectivity index (χ3v) is 2.71. The molecule has 104 valence electrons. The number of imide groups is 1. The van der Waals surface area contributed by atoms with Gasteiger partial charge in [0.1, 0.15) is 5.75 Å². The van der Waals surface area contributed by atoms with Gasteiger partial charge in [-0.15, -0.1) is 0 Å². The third kappa shape index (κ3) is 4.27. The summed E-state index contributed by atoms with van der Waals surface area (Å²) in [7, 11) is 0. The highest BCUT2D eigenvalue weighted by Crippen LogP contribution is 2.32. The minimum Gasteiger partial charge on any atom is -0.479 e. The predicted octanol–water partition coefficient (Wildman–Crippen LogP) is 1.41. The number of urea groups is 1. The van der Waals surface area contributed by atoms with Crippen LogP contribution in [-0.4, -0.2) is 18.0 Å². The van der Waals surface area contributed by atoms with Crippen molar-refractivity contribution in [2.45, 2.75) is 19.6 Å². The molecule has 1 unspecified atom stereocenters. The molecule has 1 atom stereocenters. The van der Waals surface area contributed by atoms with Crippen molar-refractivity contribution in [2.75, 3.05) is 0 Å². The second-order valence-corrected chi connectivity index (χ2v) is 4.54. The highest BCUT2D eigenvalue weighted by molar-refractivity contribution is 6.35. The lowest BCUT2D eigenvalue weighted by molar-refractivity contribution is -0.126. The van der Waals surface area contributed by atoms with Gasteiger partial charge in [-0.3, -0.25) is 10.1 Å². The van der Waals surface area contributed by atoms with Crippen LogP contribution in [0.2, 0.25) is 10.0 Å². The van der Waals surface area contributed by atoms with Crippen LogP contribution in [0.25, 0.3) is 0 Å². The van der Waals surface area contributed by atoms with Crippen LogP contribution in [0.15, 0.2) is 12.1 Å². The van der Waals surface area contributed by atoms with Crippen molar-refractivity contribution in [3.8, 4) is 5.75 Å². The van der Waals surface area contributed by atoms with E-state index in [1.807, 2.05) is 5.32 Å². The average Bonchev–Trinajstić information content (AvgIpc) is 2.30. The lowest BCUT2D eigenvalue weighted by Crippen LogP contribution is -2.42. The molecule has 19 heavy (non-hydrogen) atoms. The van der Waals surface area contributed by atoms with E-state index in [1.54, 1.807) is 6.07 Å². The zero-order valence-corrected chi connectivity index (χ0v) is 11.6. The summed E-state index contributed by atoms with van der Waals surface area (Å²) in [6.07, 6.45) is -0.962. The first-order valence-corrected chi connectivity index (χ1v) is 6.05. The first-order chi connectivity index (χ1) is 8.85. The number of primary amides is 1. The monoisotopic (exact) mass is 305 g/mol. The molecule has 8 heteroatoms. The molecule has 0 aliphatic heterocycles. The number of halogens is 2. The van der Waals surface area contributed by atoms with Crippen LogP contribution in [0.1, 0.15) is 12.5 Å². The number of hydrogen-bond donors (Lipinski definition) is 3. The van der Waals surface area contributed by atoms with Crippen molar-refractivity contribution in [1.29, 1.82) is 0 Å². The number of hydrogen-bond acceptors (Lipinski definition) is 4. The first kappa shape index (κ1) is 15.6. The zero-order valence-electron chi connectivity index (χ0n) is 10.1. The Balaban J connectivity index is 2.93. The normalized spacial score (nSPS) is 11.8. The van der Waals surface area contributed by atoms with Gasteiger partial charge in [-0.2, -0.15) is 0 Å². The molecule has 5 N–H and O–H groups in total. The minimum atomic E-state index is -0.962. The van der Waals surface area contributed by atoms with Gasteiger partial charge in [0.25, 0.3) is 5.91 Å². The molecule has 0 bridgehead atoms. The largest absolute Gasteiger partial charge is 0.479 e. The van der Waals surface area contributed by atoms with E-state index >= 15 is 0 Å². The van der Waals surface area contributed by atoms with Crippen LogP contribution in [0.5, 0.6) is 5.75 Å². The number of ether oxygens (including phenoxy) is 1. The molecule has 1 aromatic rings. The molecule has 0 heterocycles. The Hall–Kier alpha value is -1.50. The zero-order chi connectivity index (χ0) is 14.6. The summed E-state index contributed by atoms with van der Waals surface area (Å²) >= 11 is 11.8. The van der Waals surface area contributed by atoms with Crippen LogP contribution < -0.4 is 21.5 Å². The van der Waals surface area contributed by atoms with Gasteiger partial charge in [0, 0.05) is 17.1 Å². The number of carbonyl (C=O) groups excluding carboxylic acids is 2. The number of benzene rings is 1. The minimum absolute atomic E-state index is 0.139. The van der Waals surface area contributed by atoms with E-state index in [0.717, 1.165) is 0 Å². The number of nitrogens with two attached hydrogens (primary N) is 2. The van der Waals surface area contributed by atoms with Gasteiger partial charge >= 0.3 is 6.03 Å². The van der Waals surface area contributed by atoms with Gasteiger partial charge < -0.3 is 16.2 Å². The second kappa shape index (κ2) is 6.60. The van der Waals surface area contributed by atoms with E-state index in [0.29, 0.717) is 10.6 Å². The molecule has 0 aliphatic rings. The molecule has 0 aliphatic carbocycles. The van der Waals surface area contributed by atoms with E-state index in [4.69, 9.17) is 39.4 Å². The molecule has 6 nitrogen and oxygen atoms in total. The highest BCUT2D eigenvalue weighted by atomic mass is 35.5. The molecular formula is C11H13Cl2N3O3. The third-order valence-electron chi connectivity index (χ3n) is 2.22. The maximum absolute atomic E-state index is 11.5. The van der Waals surface area contributed by atoms with Gasteiger partial charge in [0.15, 0.2) is 6.10 Å². The number of nitrogens with one attached hydrogen (secondary N) is 1. The van der Waals surface area contributed by atoms with Crippen LogP contribution in [-0.2, 0) is 11.3 Å². The van der Waals surface area contributed by atoms with E-state index < -0.39 is 18.0 Å². The fourth-order valence-corrected chi connectivity index (χ4v) is 1.93. The summed E-state index contributed by atoms with van der Waals surface area (Å²) < 4.78 is 5.39. The van der Waals surface area contributed by atoms with Gasteiger partial charge in [-0.25, -0.2) is 4.79 Å². The number of amides is 3. The summed E-state index contributed by atoms with van der Waals surface area (Å²) in [5.41, 5.74) is 10.9. The van der Waals surface area contributed by atoms with Gasteiger partial charge in [-0.1, -0.05) is 23.2 Å². The van der Waals surface area contributed by atoms with Crippen molar-refractivity contribution in [1.82, 2.24) is 5.32 Å². The van der Waals surface area contributed by atoms with Crippen molar-refractivity contribution < 1.29 is 14.3 Å². The Morgan fingerprint density at radius 1 is 1.42 bits per heavy atom. The summed E-state index contributed by atoms with van der Waals surface area (Å²) in [4.78, 5) is 22.1. The van der Waals surface area contributed by atoms with Crippen molar-refractivity contribution >= 4 is 35.1 Å². The van der Waals surface area contributed by atoms with Crippen LogP contribution in [0.3, 0.4) is 0 Å². The lowest BCUT2D eigenvalue weighted by atomic mass is 10.2. The van der Waals surface area contributed by atoms with E-state index in [9.17, 15) is 9.59 Å². The molecule has 0 radical (unpaired) electrons. The van der Waals surface area contributed by atoms with Crippen molar-refractivity contribution in [2.24, 2.45) is 11.5 Å². The summed E-state index contributed by atoms with van der Waals surface area (Å²) in [6, 6.07) is 2.10. The Morgan fingerprint density at radius 3 is 2.58 bits per heavy atom. The van der Waals surface area contributed by atoms with E-state index in [1.165, 1.54) is 13.0 Å². The smallest absolute Gasteiger partial charge is 0.318 e. The standard InChI is InChI=1S/C11H13Cl2N3O3/c1-5(10(17)16-11(15)18)19-9-6(4-14)2-7(12)3-8(9)13/h2-3,5H,4,14H2,1H3,(H3,15,16,17,18). The maximum Gasteiger partial charge on any atom is 0.318 e. The second-order valence-electron chi connectivity index (χ2n) is 3.69. The lowest BCUT2D eigenvalue weighted by Gasteiger charge is -2.17. The van der Waals surface area contributed by atoms with Crippen LogP contribution in [0, 0.1) is 0 Å². The highest BCUT2D eigenvalue weighted by Gasteiger charge is 2.19. The van der Waals surface area contributed by atoms with Crippen LogP contribution >= 0.6 is 23.2 Å². The van der Waals surface area contributed by atoms with E-state index in [2.05, 4.69) is 0 Å². The number of rotatable bonds is 4.